The maximum absolute atomic E-state index is 12.5. The minimum Gasteiger partial charge on any atom is -0.323 e. The normalized spacial score (nSPS) is 11.8. The van der Waals surface area contributed by atoms with Crippen molar-refractivity contribution in [3.63, 3.8) is 0 Å². The molecule has 1 aromatic carbocycles. The number of hydrazone groups is 1. The highest BCUT2D eigenvalue weighted by molar-refractivity contribution is 7.99. The molecule has 1 aromatic heterocycles. The topological polar surface area (TPSA) is 94.4 Å². The zero-order valence-electron chi connectivity index (χ0n) is 11.3. The first-order valence-corrected chi connectivity index (χ1v) is 6.85. The minimum atomic E-state index is -4.48. The lowest BCUT2D eigenvalue weighted by Gasteiger charge is -2.07. The number of rotatable bonds is 4. The first-order chi connectivity index (χ1) is 10.8. The van der Waals surface area contributed by atoms with E-state index in [4.69, 9.17) is 5.84 Å². The van der Waals surface area contributed by atoms with Gasteiger partial charge in [-0.15, -0.1) is 0 Å². The summed E-state index contributed by atoms with van der Waals surface area (Å²) in [5.41, 5.74) is -0.663. The van der Waals surface area contributed by atoms with Crippen molar-refractivity contribution >= 4 is 23.7 Å². The number of hydrogen-bond donors (Lipinski definition) is 1. The van der Waals surface area contributed by atoms with Crippen molar-refractivity contribution in [2.45, 2.75) is 16.1 Å². The third-order valence-corrected chi connectivity index (χ3v) is 3.70. The smallest absolute Gasteiger partial charge is 0.323 e. The fourth-order valence-electron chi connectivity index (χ4n) is 1.65. The Morgan fingerprint density at radius 1 is 1.30 bits per heavy atom. The Bertz CT molecular complexity index is 748. The van der Waals surface area contributed by atoms with Crippen molar-refractivity contribution in [2.24, 2.45) is 10.9 Å². The standard InChI is InChI=1S/C13H9F3N4O2S/c14-13(15,16)9-2-4-12(18-7-9)23-11-3-1-8(6-19-17)5-10(11)20(21)22/h1-7H,17H2. The highest BCUT2D eigenvalue weighted by Crippen LogP contribution is 2.35. The van der Waals surface area contributed by atoms with E-state index in [0.717, 1.165) is 23.9 Å². The summed E-state index contributed by atoms with van der Waals surface area (Å²) >= 11 is 0.893. The highest BCUT2D eigenvalue weighted by Gasteiger charge is 2.30. The molecule has 0 radical (unpaired) electrons. The number of benzene rings is 1. The molecule has 120 valence electrons. The summed E-state index contributed by atoms with van der Waals surface area (Å²) in [6, 6.07) is 6.31. The monoisotopic (exact) mass is 342 g/mol. The third kappa shape index (κ3) is 4.19. The average Bonchev–Trinajstić information content (AvgIpc) is 2.48. The largest absolute Gasteiger partial charge is 0.417 e. The van der Waals surface area contributed by atoms with Crippen LogP contribution in [0.25, 0.3) is 0 Å². The van der Waals surface area contributed by atoms with Crippen molar-refractivity contribution in [3.05, 3.63) is 57.8 Å². The van der Waals surface area contributed by atoms with E-state index in [0.29, 0.717) is 11.8 Å². The third-order valence-electron chi connectivity index (χ3n) is 2.68. The van der Waals surface area contributed by atoms with E-state index in [1.54, 1.807) is 6.07 Å². The summed E-state index contributed by atoms with van der Waals surface area (Å²) in [6.45, 7) is 0. The number of pyridine rings is 1. The van der Waals surface area contributed by atoms with Crippen molar-refractivity contribution in [1.82, 2.24) is 4.98 Å². The van der Waals surface area contributed by atoms with Crippen LogP contribution in [-0.2, 0) is 6.18 Å². The van der Waals surface area contributed by atoms with Gasteiger partial charge in [-0.2, -0.15) is 18.3 Å². The molecular formula is C13H9F3N4O2S. The summed E-state index contributed by atoms with van der Waals surface area (Å²) < 4.78 is 37.4. The molecule has 10 heteroatoms. The molecule has 2 rings (SSSR count). The van der Waals surface area contributed by atoms with Crippen LogP contribution < -0.4 is 5.84 Å². The van der Waals surface area contributed by atoms with Gasteiger partial charge in [-0.25, -0.2) is 4.98 Å². The van der Waals surface area contributed by atoms with E-state index < -0.39 is 16.7 Å². The Kier molecular flexibility index (Phi) is 4.84. The number of nitrogens with zero attached hydrogens (tertiary/aromatic N) is 3. The van der Waals surface area contributed by atoms with Crippen LogP contribution in [0.15, 0.2) is 51.6 Å². The van der Waals surface area contributed by atoms with Gasteiger partial charge in [0.15, 0.2) is 0 Å². The second kappa shape index (κ2) is 6.65. The number of alkyl halides is 3. The molecule has 0 saturated carbocycles. The lowest BCUT2D eigenvalue weighted by Crippen LogP contribution is -2.05. The van der Waals surface area contributed by atoms with E-state index >= 15 is 0 Å². The Morgan fingerprint density at radius 2 is 2.04 bits per heavy atom. The quantitative estimate of drug-likeness (QED) is 0.397. The molecule has 0 fully saturated rings. The summed E-state index contributed by atoms with van der Waals surface area (Å²) in [6.07, 6.45) is -2.55. The Morgan fingerprint density at radius 3 is 2.57 bits per heavy atom. The van der Waals surface area contributed by atoms with Gasteiger partial charge in [-0.3, -0.25) is 10.1 Å². The SMILES string of the molecule is NN=Cc1ccc(Sc2ccc(C(F)(F)F)cn2)c([N+](=O)[O-])c1. The van der Waals surface area contributed by atoms with Gasteiger partial charge >= 0.3 is 6.18 Å². The van der Waals surface area contributed by atoms with E-state index in [-0.39, 0.29) is 15.6 Å². The van der Waals surface area contributed by atoms with Gasteiger partial charge in [0.1, 0.15) is 5.03 Å². The van der Waals surface area contributed by atoms with Crippen LogP contribution in [0.1, 0.15) is 11.1 Å². The first-order valence-electron chi connectivity index (χ1n) is 6.04. The number of nitro groups is 1. The number of aromatic nitrogens is 1. The van der Waals surface area contributed by atoms with E-state index in [2.05, 4.69) is 10.1 Å². The Labute approximate surface area is 132 Å². The molecule has 6 nitrogen and oxygen atoms in total. The molecule has 2 aromatic rings. The van der Waals surface area contributed by atoms with Crippen molar-refractivity contribution in [1.29, 1.82) is 0 Å². The van der Waals surface area contributed by atoms with Crippen LogP contribution in [0.4, 0.5) is 18.9 Å². The molecule has 0 aliphatic rings. The molecule has 1 heterocycles. The van der Waals surface area contributed by atoms with E-state index in [9.17, 15) is 23.3 Å². The predicted octanol–water partition coefficient (Wildman–Crippen LogP) is 3.45. The van der Waals surface area contributed by atoms with Crippen molar-refractivity contribution in [3.8, 4) is 0 Å². The van der Waals surface area contributed by atoms with Gasteiger partial charge in [0.2, 0.25) is 0 Å². The molecule has 23 heavy (non-hydrogen) atoms. The Hall–Kier alpha value is -2.62. The van der Waals surface area contributed by atoms with E-state index in [1.165, 1.54) is 18.3 Å². The van der Waals surface area contributed by atoms with E-state index in [1.807, 2.05) is 0 Å². The van der Waals surface area contributed by atoms with Gasteiger partial charge in [-0.05, 0) is 18.2 Å². The first kappa shape index (κ1) is 16.7. The molecular weight excluding hydrogens is 333 g/mol. The van der Waals surface area contributed by atoms with Crippen LogP contribution in [0.2, 0.25) is 0 Å². The molecule has 0 spiro atoms. The molecule has 0 amide bonds. The predicted molar refractivity (Wildman–Crippen MR) is 78.2 cm³/mol. The highest BCUT2D eigenvalue weighted by atomic mass is 32.2. The second-order valence-electron chi connectivity index (χ2n) is 4.25. The van der Waals surface area contributed by atoms with Crippen LogP contribution in [0.3, 0.4) is 0 Å². The molecule has 0 aliphatic heterocycles. The molecule has 0 aliphatic carbocycles. The molecule has 2 N–H and O–H groups in total. The summed E-state index contributed by atoms with van der Waals surface area (Å²) in [5, 5.41) is 14.6. The summed E-state index contributed by atoms with van der Waals surface area (Å²) in [7, 11) is 0. The van der Waals surface area contributed by atoms with Gasteiger partial charge in [-0.1, -0.05) is 17.8 Å². The summed E-state index contributed by atoms with van der Waals surface area (Å²) in [5.74, 6) is 4.99. The van der Waals surface area contributed by atoms with Gasteiger partial charge in [0.05, 0.1) is 21.6 Å². The van der Waals surface area contributed by atoms with Gasteiger partial charge in [0, 0.05) is 17.8 Å². The van der Waals surface area contributed by atoms with Gasteiger partial charge in [0.25, 0.3) is 5.69 Å². The average molecular weight is 342 g/mol. The fourth-order valence-corrected chi connectivity index (χ4v) is 2.49. The van der Waals surface area contributed by atoms with Crippen LogP contribution in [-0.4, -0.2) is 16.1 Å². The molecule has 0 saturated heterocycles. The lowest BCUT2D eigenvalue weighted by molar-refractivity contribution is -0.387. The maximum atomic E-state index is 12.5. The zero-order chi connectivity index (χ0) is 17.0. The molecule has 0 bridgehead atoms. The van der Waals surface area contributed by atoms with Crippen molar-refractivity contribution in [2.75, 3.05) is 0 Å². The Balaban J connectivity index is 2.30. The number of halogens is 3. The lowest BCUT2D eigenvalue weighted by atomic mass is 10.2. The van der Waals surface area contributed by atoms with Gasteiger partial charge < -0.3 is 5.84 Å². The zero-order valence-corrected chi connectivity index (χ0v) is 12.1. The van der Waals surface area contributed by atoms with Crippen LogP contribution in [0, 0.1) is 10.1 Å². The molecule has 0 unspecified atom stereocenters. The minimum absolute atomic E-state index is 0.210. The number of nitro benzene ring substituents is 1. The fraction of sp³-hybridized carbons (Fsp3) is 0.0769. The second-order valence-corrected chi connectivity index (χ2v) is 5.31. The maximum Gasteiger partial charge on any atom is 0.417 e. The summed E-state index contributed by atoms with van der Waals surface area (Å²) in [4.78, 5) is 14.4. The number of nitrogens with two attached hydrogens (primary N) is 1. The van der Waals surface area contributed by atoms with Crippen LogP contribution in [0.5, 0.6) is 0 Å². The van der Waals surface area contributed by atoms with Crippen molar-refractivity contribution < 1.29 is 18.1 Å². The van der Waals surface area contributed by atoms with Crippen LogP contribution >= 0.6 is 11.8 Å². The number of hydrogen-bond acceptors (Lipinski definition) is 6. The molecule has 0 atom stereocenters.